The van der Waals surface area contributed by atoms with Gasteiger partial charge in [0.2, 0.25) is 5.91 Å². The minimum atomic E-state index is -0.326. The van der Waals surface area contributed by atoms with Crippen LogP contribution in [0.3, 0.4) is 0 Å². The lowest BCUT2D eigenvalue weighted by atomic mass is 10.0. The number of hydrogen-bond acceptors (Lipinski definition) is 12. The molecular formula is C75H103N11O6. The van der Waals surface area contributed by atoms with Crippen LogP contribution in [0.25, 0.3) is 43.6 Å². The number of fused-ring (bicyclic) bond motifs is 4. The Morgan fingerprint density at radius 3 is 1.34 bits per heavy atom. The third-order valence-electron chi connectivity index (χ3n) is 19.7. The van der Waals surface area contributed by atoms with E-state index in [2.05, 4.69) is 210 Å². The summed E-state index contributed by atoms with van der Waals surface area (Å²) < 4.78 is 30.8. The average Bonchev–Trinajstić information content (AvgIpc) is 1.67. The van der Waals surface area contributed by atoms with Crippen molar-refractivity contribution in [3.8, 4) is 12.1 Å². The Bertz CT molecular complexity index is 3840. The van der Waals surface area contributed by atoms with E-state index in [9.17, 15) is 20.4 Å². The number of aliphatic hydroxyl groups is 1. The van der Waals surface area contributed by atoms with Crippen LogP contribution in [0.4, 0.5) is 0 Å². The Labute approximate surface area is 546 Å². The first-order valence-electron chi connectivity index (χ1n) is 33.5. The van der Waals surface area contributed by atoms with Crippen molar-refractivity contribution in [3.05, 3.63) is 141 Å². The van der Waals surface area contributed by atoms with E-state index < -0.39 is 0 Å². The molecule has 4 aliphatic rings. The number of β-amino-alcohol motifs (C(OH)–C–C–N with tert-alkyl or cyclic N) is 1. The number of rotatable bonds is 17. The number of benzene rings is 4. The number of hydrogen-bond donors (Lipinski definition) is 2. The number of nitriles is 2. The van der Waals surface area contributed by atoms with Gasteiger partial charge < -0.3 is 47.6 Å². The van der Waals surface area contributed by atoms with Crippen LogP contribution < -0.4 is 5.32 Å². The number of ether oxygens (including phenoxy) is 4. The summed E-state index contributed by atoms with van der Waals surface area (Å²) in [7, 11) is 2.09. The predicted octanol–water partition coefficient (Wildman–Crippen LogP) is 10.2. The van der Waals surface area contributed by atoms with E-state index in [4.69, 9.17) is 18.9 Å². The number of aryl methyl sites for hydroxylation is 7. The highest BCUT2D eigenvalue weighted by Gasteiger charge is 2.25. The Morgan fingerprint density at radius 2 is 0.870 bits per heavy atom. The zero-order valence-corrected chi connectivity index (χ0v) is 57.2. The van der Waals surface area contributed by atoms with Gasteiger partial charge in [0.05, 0.1) is 89.0 Å². The first-order valence-corrected chi connectivity index (χ1v) is 33.5. The number of aromatic nitrogens is 4. The summed E-state index contributed by atoms with van der Waals surface area (Å²) in [5.41, 5.74) is 19.1. The van der Waals surface area contributed by atoms with Gasteiger partial charge >= 0.3 is 0 Å². The highest BCUT2D eigenvalue weighted by Crippen LogP contribution is 2.31. The van der Waals surface area contributed by atoms with E-state index >= 15 is 0 Å². The highest BCUT2D eigenvalue weighted by atomic mass is 16.5. The SMILES string of the molecule is CC(=O)NC(CN1CCOCC1)Cn1c(C)c(C)c2ccc(C)cc21.Cc1c(CC(O)CN2CCOCC2)c2ccccc2n1C.Cc1ccc2c(C)c(C)n(CC(C#N)CN3CCOCC3)c2c1.Cc1ccc2c(c1)c(C)c(C)n2CC(C#N)CN1CCOCC1. The largest absolute Gasteiger partial charge is 0.391 e. The predicted molar refractivity (Wildman–Crippen MR) is 371 cm³/mol. The zero-order chi connectivity index (χ0) is 65.6. The van der Waals surface area contributed by atoms with Gasteiger partial charge in [-0.25, -0.2) is 0 Å². The van der Waals surface area contributed by atoms with Crippen LogP contribution in [-0.2, 0) is 56.8 Å². The Morgan fingerprint density at radius 1 is 0.467 bits per heavy atom. The summed E-state index contributed by atoms with van der Waals surface area (Å²) in [5, 5.41) is 38.0. The third kappa shape index (κ3) is 17.5. The molecule has 17 heteroatoms. The third-order valence-corrected chi connectivity index (χ3v) is 19.7. The summed E-state index contributed by atoms with van der Waals surface area (Å²) >= 11 is 0. The number of carbonyl (C=O) groups is 1. The van der Waals surface area contributed by atoms with Gasteiger partial charge in [0.25, 0.3) is 0 Å². The smallest absolute Gasteiger partial charge is 0.217 e. The van der Waals surface area contributed by atoms with Gasteiger partial charge in [-0.1, -0.05) is 54.1 Å². The van der Waals surface area contributed by atoms with Gasteiger partial charge in [0.15, 0.2) is 0 Å². The molecule has 0 radical (unpaired) electrons. The minimum Gasteiger partial charge on any atom is -0.391 e. The summed E-state index contributed by atoms with van der Waals surface area (Å²) in [4.78, 5) is 21.1. The number of para-hydroxylation sites is 1. The molecule has 0 spiro atoms. The zero-order valence-electron chi connectivity index (χ0n) is 57.2. The molecular weight excluding hydrogens is 1150 g/mol. The van der Waals surface area contributed by atoms with Crippen molar-refractivity contribution in [3.63, 3.8) is 0 Å². The lowest BCUT2D eigenvalue weighted by Gasteiger charge is -2.31. The average molecular weight is 1250 g/mol. The van der Waals surface area contributed by atoms with Crippen LogP contribution in [-0.4, -0.2) is 192 Å². The van der Waals surface area contributed by atoms with Crippen molar-refractivity contribution in [2.45, 2.75) is 114 Å². The molecule has 494 valence electrons. The van der Waals surface area contributed by atoms with Crippen LogP contribution in [0, 0.1) is 104 Å². The molecule has 8 aromatic rings. The molecule has 4 aliphatic heterocycles. The molecule has 4 atom stereocenters. The van der Waals surface area contributed by atoms with E-state index in [1.807, 2.05) is 0 Å². The fourth-order valence-electron chi connectivity index (χ4n) is 13.9. The van der Waals surface area contributed by atoms with E-state index in [0.717, 1.165) is 151 Å². The van der Waals surface area contributed by atoms with Crippen molar-refractivity contribution in [1.29, 1.82) is 10.5 Å². The molecule has 1 amide bonds. The molecule has 4 aromatic heterocycles. The van der Waals surface area contributed by atoms with E-state index in [1.165, 1.54) is 105 Å². The minimum absolute atomic E-state index is 0.00214. The number of aliphatic hydroxyl groups excluding tert-OH is 1. The van der Waals surface area contributed by atoms with Gasteiger partial charge in [-0.05, 0) is 133 Å². The van der Waals surface area contributed by atoms with E-state index in [0.29, 0.717) is 6.42 Å². The Hall–Kier alpha value is -6.87. The molecule has 0 saturated carbocycles. The summed E-state index contributed by atoms with van der Waals surface area (Å²) in [6, 6.07) is 33.3. The molecule has 92 heavy (non-hydrogen) atoms. The van der Waals surface area contributed by atoms with Crippen molar-refractivity contribution in [2.75, 3.05) is 131 Å². The second-order valence-corrected chi connectivity index (χ2v) is 26.2. The standard InChI is InChI=1S/C20H29N3O2.2C19H25N3O.C17H24N2O2/c1-14-5-6-19-15(2)16(3)23(20(19)11-14)13-18(21-17(4)24)12-22-7-9-25-10-8-22;1-14-4-5-19-18(10-14)15(2)16(3)22(19)13-17(11-20)12-21-6-8-23-9-7-21;1-14-4-5-18-15(2)16(3)22(19(18)10-14)13-17(11-20)12-21-6-8-23-9-7-21;1-13-16(15-5-3-4-6-17(15)18(13)2)11-14(20)12-19-7-9-21-10-8-19/h5-6,11,18H,7-10,12-13H2,1-4H3,(H,21,24);2*4-5,10,17H,6-9,12-13H2,1-3H3;3-6,14,20H,7-12H2,1-2H3. The second-order valence-electron chi connectivity index (χ2n) is 26.2. The molecule has 17 nitrogen and oxygen atoms in total. The van der Waals surface area contributed by atoms with Gasteiger partial charge in [0, 0.05) is 185 Å². The quantitative estimate of drug-likeness (QED) is 0.0888. The van der Waals surface area contributed by atoms with Gasteiger partial charge in [-0.2, -0.15) is 10.5 Å². The van der Waals surface area contributed by atoms with E-state index in [-0.39, 0.29) is 29.9 Å². The summed E-state index contributed by atoms with van der Waals surface area (Å²) in [6.07, 6.45) is 0.387. The first kappa shape index (κ1) is 69.5. The molecule has 8 heterocycles. The molecule has 4 fully saturated rings. The maximum atomic E-state index is 11.7. The van der Waals surface area contributed by atoms with E-state index in [1.54, 1.807) is 6.92 Å². The Kier molecular flexibility index (Phi) is 24.8. The van der Waals surface area contributed by atoms with Crippen molar-refractivity contribution in [1.82, 2.24) is 43.2 Å². The Balaban J connectivity index is 0.000000145. The number of nitrogens with zero attached hydrogens (tertiary/aromatic N) is 10. The lowest BCUT2D eigenvalue weighted by molar-refractivity contribution is -0.120. The normalized spacial score (nSPS) is 17.4. The molecule has 12 rings (SSSR count). The second kappa shape index (κ2) is 32.8. The van der Waals surface area contributed by atoms with Crippen LogP contribution in [0.15, 0.2) is 78.9 Å². The fourth-order valence-corrected chi connectivity index (χ4v) is 13.9. The van der Waals surface area contributed by atoms with Crippen LogP contribution >= 0.6 is 0 Å². The molecule has 0 bridgehead atoms. The summed E-state index contributed by atoms with van der Waals surface area (Å²) in [5.74, 6) is 0.0330. The topological polar surface area (TPSA) is 167 Å². The van der Waals surface area contributed by atoms with Crippen molar-refractivity contribution in [2.24, 2.45) is 18.9 Å². The number of morpholine rings is 4. The first-order chi connectivity index (χ1) is 44.3. The van der Waals surface area contributed by atoms with Crippen LogP contribution in [0.1, 0.15) is 68.6 Å². The van der Waals surface area contributed by atoms with Crippen LogP contribution in [0.2, 0.25) is 0 Å². The monoisotopic (exact) mass is 1250 g/mol. The van der Waals surface area contributed by atoms with Crippen molar-refractivity contribution >= 4 is 49.5 Å². The van der Waals surface area contributed by atoms with Gasteiger partial charge in [-0.15, -0.1) is 0 Å². The molecule has 2 N–H and O–H groups in total. The molecule has 0 aliphatic carbocycles. The molecule has 4 unspecified atom stereocenters. The maximum Gasteiger partial charge on any atom is 0.217 e. The van der Waals surface area contributed by atoms with Crippen molar-refractivity contribution < 1.29 is 28.8 Å². The fraction of sp³-hybridized carbons (Fsp3) is 0.533. The summed E-state index contributed by atoms with van der Waals surface area (Å²) in [6.45, 7) is 42.3. The van der Waals surface area contributed by atoms with Gasteiger partial charge in [-0.3, -0.25) is 24.4 Å². The van der Waals surface area contributed by atoms with Crippen LogP contribution in [0.5, 0.6) is 0 Å². The number of carbonyl (C=O) groups excluding carboxylic acids is 1. The number of amides is 1. The lowest BCUT2D eigenvalue weighted by Crippen LogP contribution is -2.48. The maximum absolute atomic E-state index is 11.7. The number of nitrogens with one attached hydrogen (secondary N) is 1. The highest BCUT2D eigenvalue weighted by molar-refractivity contribution is 5.88. The molecule has 4 saturated heterocycles. The molecule has 4 aromatic carbocycles. The van der Waals surface area contributed by atoms with Gasteiger partial charge in [0.1, 0.15) is 0 Å².